The highest BCUT2D eigenvalue weighted by molar-refractivity contribution is 6.15. The second-order valence-electron chi connectivity index (χ2n) is 15.1. The van der Waals surface area contributed by atoms with E-state index in [0.717, 1.165) is 84.8 Å². The van der Waals surface area contributed by atoms with Crippen molar-refractivity contribution in [3.05, 3.63) is 174 Å². The average molecular weight is 725 g/mol. The second-order valence-corrected chi connectivity index (χ2v) is 15.1. The predicted octanol–water partition coefficient (Wildman–Crippen LogP) is 15.3. The molecule has 9 rings (SSSR count). The van der Waals surface area contributed by atoms with E-state index in [1.54, 1.807) is 0 Å². The van der Waals surface area contributed by atoms with Crippen molar-refractivity contribution in [2.24, 2.45) is 0 Å². The van der Waals surface area contributed by atoms with E-state index in [1.807, 2.05) is 42.5 Å². The van der Waals surface area contributed by atoms with Gasteiger partial charge in [0.25, 0.3) is 0 Å². The molecule has 0 saturated carbocycles. The zero-order valence-corrected chi connectivity index (χ0v) is 31.5. The third kappa shape index (κ3) is 6.14. The topological polar surface area (TPSA) is 19.6 Å². The highest BCUT2D eigenvalue weighted by Gasteiger charge is 2.24. The van der Waals surface area contributed by atoms with Crippen molar-refractivity contribution in [1.82, 2.24) is 0 Å². The van der Waals surface area contributed by atoms with Crippen LogP contribution in [0.5, 0.6) is 0 Å². The molecule has 0 N–H and O–H groups in total. The largest absolute Gasteiger partial charge is 0.456 e. The minimum absolute atomic E-state index is 0.181. The Morgan fingerprint density at radius 3 is 1.51 bits per heavy atom. The van der Waals surface area contributed by atoms with Gasteiger partial charge < -0.3 is 14.2 Å². The molecule has 0 unspecified atom stereocenters. The van der Waals surface area contributed by atoms with Gasteiger partial charge in [0.15, 0.2) is 0 Å². The van der Waals surface area contributed by atoms with Gasteiger partial charge in [-0.1, -0.05) is 70.2 Å². The van der Waals surface area contributed by atoms with E-state index >= 15 is 0 Å². The molecule has 7 aromatic carbocycles. The maximum absolute atomic E-state index is 14.1. The summed E-state index contributed by atoms with van der Waals surface area (Å²) in [6, 6.07) is 41.5. The lowest BCUT2D eigenvalue weighted by atomic mass is 9.91. The molecule has 1 aliphatic rings. The van der Waals surface area contributed by atoms with Gasteiger partial charge in [0, 0.05) is 39.2 Å². The zero-order chi connectivity index (χ0) is 37.8. The Labute approximate surface area is 320 Å². The zero-order valence-electron chi connectivity index (χ0n) is 31.5. The Morgan fingerprint density at radius 1 is 0.527 bits per heavy atom. The number of hydrogen-bond acceptors (Lipinski definition) is 3. The molecule has 0 spiro atoms. The summed E-state index contributed by atoms with van der Waals surface area (Å²) in [5.74, 6) is -0.130. The first-order valence-electron chi connectivity index (χ1n) is 19.2. The molecule has 8 aromatic rings. The van der Waals surface area contributed by atoms with Crippen molar-refractivity contribution >= 4 is 71.9 Å². The number of rotatable bonds is 8. The Balaban J connectivity index is 1.24. The number of anilines is 5. The molecule has 1 heterocycles. The van der Waals surface area contributed by atoms with E-state index in [0.29, 0.717) is 0 Å². The van der Waals surface area contributed by atoms with E-state index in [1.165, 1.54) is 41.1 Å². The van der Waals surface area contributed by atoms with Crippen LogP contribution in [0.2, 0.25) is 0 Å². The van der Waals surface area contributed by atoms with Crippen molar-refractivity contribution in [1.29, 1.82) is 0 Å². The summed E-state index contributed by atoms with van der Waals surface area (Å²) in [7, 11) is 0. The molecule has 0 aliphatic heterocycles. The molecule has 0 amide bonds. The lowest BCUT2D eigenvalue weighted by Gasteiger charge is -2.32. The molecule has 55 heavy (non-hydrogen) atoms. The van der Waals surface area contributed by atoms with Gasteiger partial charge in [0.2, 0.25) is 0 Å². The summed E-state index contributed by atoms with van der Waals surface area (Å²) < 4.78 is 35.1. The van der Waals surface area contributed by atoms with E-state index in [-0.39, 0.29) is 23.5 Å². The Kier molecular flexibility index (Phi) is 8.73. The molecule has 1 aliphatic carbocycles. The molecule has 0 bridgehead atoms. The monoisotopic (exact) mass is 724 g/mol. The van der Waals surface area contributed by atoms with E-state index in [2.05, 4.69) is 116 Å². The van der Waals surface area contributed by atoms with Crippen LogP contribution < -0.4 is 9.80 Å². The average Bonchev–Trinajstić information content (AvgIpc) is 3.54. The predicted molar refractivity (Wildman–Crippen MR) is 227 cm³/mol. The van der Waals surface area contributed by atoms with Gasteiger partial charge in [0.1, 0.15) is 22.8 Å². The summed E-state index contributed by atoms with van der Waals surface area (Å²) in [5, 5.41) is 6.71. The highest BCUT2D eigenvalue weighted by Crippen LogP contribution is 2.46. The number of fused-ring (bicyclic) bond motifs is 5. The van der Waals surface area contributed by atoms with Gasteiger partial charge in [0.05, 0.1) is 5.69 Å². The second kappa shape index (κ2) is 13.9. The van der Waals surface area contributed by atoms with Crippen LogP contribution in [0.3, 0.4) is 0 Å². The first kappa shape index (κ1) is 34.6. The Hall–Kier alpha value is -6.20. The van der Waals surface area contributed by atoms with Crippen LogP contribution in [0.4, 0.5) is 37.2 Å². The van der Waals surface area contributed by atoms with Crippen molar-refractivity contribution in [3.8, 4) is 0 Å². The Morgan fingerprint density at radius 2 is 1.02 bits per heavy atom. The van der Waals surface area contributed by atoms with Crippen LogP contribution in [-0.4, -0.2) is 0 Å². The summed E-state index contributed by atoms with van der Waals surface area (Å²) >= 11 is 0. The fourth-order valence-electron chi connectivity index (χ4n) is 8.46. The normalized spacial score (nSPS) is 13.1. The first-order valence-corrected chi connectivity index (χ1v) is 19.2. The first-order chi connectivity index (χ1) is 26.7. The minimum atomic E-state index is -0.264. The summed E-state index contributed by atoms with van der Waals surface area (Å²) in [6.07, 6.45) is 8.33. The molecule has 5 heteroatoms. The number of para-hydroxylation sites is 1. The van der Waals surface area contributed by atoms with Gasteiger partial charge in [-0.05, 0) is 160 Å². The van der Waals surface area contributed by atoms with Gasteiger partial charge in [-0.15, -0.1) is 0 Å². The molecular weight excluding hydrogens is 683 g/mol. The summed E-state index contributed by atoms with van der Waals surface area (Å²) in [6.45, 7) is 8.92. The van der Waals surface area contributed by atoms with Gasteiger partial charge in [-0.3, -0.25) is 0 Å². The van der Waals surface area contributed by atoms with E-state index in [9.17, 15) is 8.78 Å². The van der Waals surface area contributed by atoms with Crippen molar-refractivity contribution in [2.75, 3.05) is 9.80 Å². The summed E-state index contributed by atoms with van der Waals surface area (Å²) in [4.78, 5) is 4.51. The van der Waals surface area contributed by atoms with Crippen LogP contribution in [0.15, 0.2) is 156 Å². The van der Waals surface area contributed by atoms with Crippen LogP contribution in [0.1, 0.15) is 63.5 Å². The Bertz CT molecular complexity index is 2780. The fraction of sp³-hybridized carbons (Fsp3) is 0.160. The molecule has 1 aromatic heterocycles. The highest BCUT2D eigenvalue weighted by atomic mass is 19.1. The standard InChI is InChI=1S/C50H42F2N2O/c1-31(2)49-41-29-47-43(27-33(41)15-25-45(49)53(37-11-7-5-8-12-37)39-21-17-35(51)18-22-39)44-28-34-16-26-46(50(32(3)4)42(34)30-48(44)55-47)54(38-13-9-6-10-14-38)40-23-19-36(52)20-24-40/h5-9,11-13,15-32H,10,14H2,1-4H3. The molecule has 0 atom stereocenters. The van der Waals surface area contributed by atoms with Crippen LogP contribution in [0.25, 0.3) is 43.5 Å². The minimum Gasteiger partial charge on any atom is -0.456 e. The molecule has 0 saturated heterocycles. The van der Waals surface area contributed by atoms with Gasteiger partial charge in [-0.2, -0.15) is 0 Å². The van der Waals surface area contributed by atoms with Crippen molar-refractivity contribution in [2.45, 2.75) is 52.4 Å². The third-order valence-electron chi connectivity index (χ3n) is 10.9. The summed E-state index contributed by atoms with van der Waals surface area (Å²) in [5.41, 5.74) is 10.2. The van der Waals surface area contributed by atoms with Gasteiger partial charge >= 0.3 is 0 Å². The molecular formula is C50H42F2N2O. The van der Waals surface area contributed by atoms with E-state index in [4.69, 9.17) is 4.42 Å². The van der Waals surface area contributed by atoms with Crippen molar-refractivity contribution in [3.63, 3.8) is 0 Å². The SMILES string of the molecule is CC(C)c1c(N(C2=CC=CCC2)c2ccc(F)cc2)ccc2cc3c(cc12)oc1cc2c(C(C)C)c(N(c4ccccc4)c4ccc(F)cc4)ccc2cc13. The molecule has 3 nitrogen and oxygen atoms in total. The number of halogens is 2. The quantitative estimate of drug-likeness (QED) is 0.156. The molecule has 272 valence electrons. The molecule has 0 fully saturated rings. The van der Waals surface area contributed by atoms with Crippen molar-refractivity contribution < 1.29 is 13.2 Å². The van der Waals surface area contributed by atoms with Crippen LogP contribution in [-0.2, 0) is 0 Å². The third-order valence-corrected chi connectivity index (χ3v) is 10.9. The smallest absolute Gasteiger partial charge is 0.136 e. The van der Waals surface area contributed by atoms with Crippen LogP contribution >= 0.6 is 0 Å². The number of furan rings is 1. The molecule has 0 radical (unpaired) electrons. The van der Waals surface area contributed by atoms with Gasteiger partial charge in [-0.25, -0.2) is 8.78 Å². The number of allylic oxidation sites excluding steroid dienone is 4. The number of hydrogen-bond donors (Lipinski definition) is 0. The maximum Gasteiger partial charge on any atom is 0.136 e. The number of nitrogens with zero attached hydrogens (tertiary/aromatic N) is 2. The lowest BCUT2D eigenvalue weighted by molar-refractivity contribution is 0.627. The van der Waals surface area contributed by atoms with Crippen LogP contribution in [0, 0.1) is 11.6 Å². The number of benzene rings is 7. The lowest BCUT2D eigenvalue weighted by Crippen LogP contribution is -2.19. The van der Waals surface area contributed by atoms with E-state index < -0.39 is 0 Å². The fourth-order valence-corrected chi connectivity index (χ4v) is 8.46. The maximum atomic E-state index is 14.1.